The maximum Gasteiger partial charge on any atom is 0.396 e. The standard InChI is InChI=1S/C11H9F3N2O2/c1-6-4-7(17)2-3-8(6)10-15-9(16-18-10)5-11(12,13)14/h2-4,17H,5H2,1H3. The second-order valence-electron chi connectivity index (χ2n) is 3.81. The lowest BCUT2D eigenvalue weighted by molar-refractivity contribution is -0.128. The lowest BCUT2D eigenvalue weighted by atomic mass is 10.1. The summed E-state index contributed by atoms with van der Waals surface area (Å²) >= 11 is 0. The largest absolute Gasteiger partial charge is 0.508 e. The van der Waals surface area contributed by atoms with E-state index in [-0.39, 0.29) is 11.6 Å². The molecule has 0 spiro atoms. The molecule has 1 aromatic heterocycles. The average molecular weight is 258 g/mol. The van der Waals surface area contributed by atoms with E-state index in [0.717, 1.165) is 0 Å². The van der Waals surface area contributed by atoms with Crippen molar-refractivity contribution in [2.75, 3.05) is 0 Å². The molecule has 0 aliphatic heterocycles. The van der Waals surface area contributed by atoms with Crippen molar-refractivity contribution in [2.24, 2.45) is 0 Å². The number of hydrogen-bond acceptors (Lipinski definition) is 4. The number of aryl methyl sites for hydroxylation is 1. The summed E-state index contributed by atoms with van der Waals surface area (Å²) in [7, 11) is 0. The first-order chi connectivity index (χ1) is 8.35. The smallest absolute Gasteiger partial charge is 0.396 e. The Morgan fingerprint density at radius 3 is 2.67 bits per heavy atom. The van der Waals surface area contributed by atoms with Crippen molar-refractivity contribution >= 4 is 0 Å². The molecule has 18 heavy (non-hydrogen) atoms. The van der Waals surface area contributed by atoms with Gasteiger partial charge in [0, 0.05) is 5.56 Å². The molecule has 0 unspecified atom stereocenters. The van der Waals surface area contributed by atoms with Gasteiger partial charge in [-0.15, -0.1) is 0 Å². The average Bonchev–Trinajstić information content (AvgIpc) is 2.63. The monoisotopic (exact) mass is 258 g/mol. The fourth-order valence-corrected chi connectivity index (χ4v) is 1.50. The molecule has 4 nitrogen and oxygen atoms in total. The van der Waals surface area contributed by atoms with Crippen molar-refractivity contribution in [3.63, 3.8) is 0 Å². The van der Waals surface area contributed by atoms with Crippen LogP contribution in [0.3, 0.4) is 0 Å². The second-order valence-corrected chi connectivity index (χ2v) is 3.81. The predicted octanol–water partition coefficient (Wildman–Crippen LogP) is 2.86. The molecule has 0 radical (unpaired) electrons. The van der Waals surface area contributed by atoms with Crippen LogP contribution in [0.25, 0.3) is 11.5 Å². The van der Waals surface area contributed by atoms with Gasteiger partial charge in [-0.25, -0.2) is 0 Å². The number of aromatic nitrogens is 2. The Labute approximate surface area is 100 Å². The minimum Gasteiger partial charge on any atom is -0.508 e. The molecule has 1 heterocycles. The van der Waals surface area contributed by atoms with E-state index in [0.29, 0.717) is 11.1 Å². The zero-order valence-corrected chi connectivity index (χ0v) is 9.32. The molecule has 0 bridgehead atoms. The Bertz CT molecular complexity index is 564. The van der Waals surface area contributed by atoms with Crippen molar-refractivity contribution in [3.05, 3.63) is 29.6 Å². The summed E-state index contributed by atoms with van der Waals surface area (Å²) in [5.41, 5.74) is 1.13. The molecule has 0 amide bonds. The molecule has 0 aliphatic rings. The molecule has 0 fully saturated rings. The molecule has 0 aliphatic carbocycles. The highest BCUT2D eigenvalue weighted by Crippen LogP contribution is 2.26. The lowest BCUT2D eigenvalue weighted by Gasteiger charge is -2.01. The Hall–Kier alpha value is -2.05. The molecule has 2 rings (SSSR count). The maximum atomic E-state index is 12.1. The molecule has 0 saturated carbocycles. The lowest BCUT2D eigenvalue weighted by Crippen LogP contribution is -2.12. The van der Waals surface area contributed by atoms with E-state index in [2.05, 4.69) is 10.1 Å². The van der Waals surface area contributed by atoms with Gasteiger partial charge in [-0.3, -0.25) is 0 Å². The summed E-state index contributed by atoms with van der Waals surface area (Å²) in [5.74, 6) is -0.344. The Kier molecular flexibility index (Phi) is 2.98. The van der Waals surface area contributed by atoms with E-state index in [1.807, 2.05) is 0 Å². The number of benzene rings is 1. The number of alkyl halides is 3. The highest BCUT2D eigenvalue weighted by Gasteiger charge is 2.30. The SMILES string of the molecule is Cc1cc(O)ccc1-c1nc(CC(F)(F)F)no1. The van der Waals surface area contributed by atoms with E-state index in [1.165, 1.54) is 18.2 Å². The normalized spacial score (nSPS) is 11.8. The number of hydrogen-bond donors (Lipinski definition) is 1. The highest BCUT2D eigenvalue weighted by atomic mass is 19.4. The first-order valence-corrected chi connectivity index (χ1v) is 5.04. The van der Waals surface area contributed by atoms with Gasteiger partial charge in [-0.1, -0.05) is 5.16 Å². The van der Waals surface area contributed by atoms with E-state index in [9.17, 15) is 18.3 Å². The number of phenols is 1. The zero-order chi connectivity index (χ0) is 13.3. The number of phenolic OH excluding ortho intramolecular Hbond substituents is 1. The summed E-state index contributed by atoms with van der Waals surface area (Å²) in [6.07, 6.45) is -5.60. The van der Waals surface area contributed by atoms with Crippen molar-refractivity contribution in [3.8, 4) is 17.2 Å². The van der Waals surface area contributed by atoms with Crippen LogP contribution in [-0.2, 0) is 6.42 Å². The third-order valence-corrected chi connectivity index (χ3v) is 2.27. The highest BCUT2D eigenvalue weighted by molar-refractivity contribution is 5.59. The topological polar surface area (TPSA) is 59.2 Å². The third-order valence-electron chi connectivity index (χ3n) is 2.27. The number of nitrogens with zero attached hydrogens (tertiary/aromatic N) is 2. The molecule has 2 aromatic rings. The van der Waals surface area contributed by atoms with Gasteiger partial charge < -0.3 is 9.63 Å². The van der Waals surface area contributed by atoms with E-state index < -0.39 is 18.4 Å². The molecule has 1 aromatic carbocycles. The summed E-state index contributed by atoms with van der Waals surface area (Å²) < 4.78 is 41.2. The van der Waals surface area contributed by atoms with Crippen LogP contribution < -0.4 is 0 Å². The third kappa shape index (κ3) is 2.79. The van der Waals surface area contributed by atoms with Crippen molar-refractivity contribution < 1.29 is 22.8 Å². The van der Waals surface area contributed by atoms with Crippen LogP contribution in [0, 0.1) is 6.92 Å². The number of rotatable bonds is 2. The Morgan fingerprint density at radius 2 is 2.06 bits per heavy atom. The first-order valence-electron chi connectivity index (χ1n) is 5.04. The van der Waals surface area contributed by atoms with Gasteiger partial charge in [0.2, 0.25) is 0 Å². The van der Waals surface area contributed by atoms with Gasteiger partial charge >= 0.3 is 6.18 Å². The van der Waals surface area contributed by atoms with E-state index in [4.69, 9.17) is 4.52 Å². The van der Waals surface area contributed by atoms with E-state index in [1.54, 1.807) is 6.92 Å². The molecular weight excluding hydrogens is 249 g/mol. The number of halogens is 3. The predicted molar refractivity (Wildman–Crippen MR) is 55.9 cm³/mol. The Morgan fingerprint density at radius 1 is 1.33 bits per heavy atom. The van der Waals surface area contributed by atoms with Crippen LogP contribution in [0.1, 0.15) is 11.4 Å². The second kappa shape index (κ2) is 4.32. The summed E-state index contributed by atoms with van der Waals surface area (Å²) in [5, 5.41) is 12.5. The van der Waals surface area contributed by atoms with Crippen LogP contribution in [0.4, 0.5) is 13.2 Å². The van der Waals surface area contributed by atoms with Crippen molar-refractivity contribution in [2.45, 2.75) is 19.5 Å². The Balaban J connectivity index is 2.29. The van der Waals surface area contributed by atoms with Crippen molar-refractivity contribution in [1.29, 1.82) is 0 Å². The molecule has 0 saturated heterocycles. The van der Waals surface area contributed by atoms with Crippen molar-refractivity contribution in [1.82, 2.24) is 10.1 Å². The molecule has 0 atom stereocenters. The van der Waals surface area contributed by atoms with Gasteiger partial charge in [0.25, 0.3) is 5.89 Å². The fourth-order valence-electron chi connectivity index (χ4n) is 1.50. The summed E-state index contributed by atoms with van der Waals surface area (Å²) in [6.45, 7) is 1.68. The van der Waals surface area contributed by atoms with Gasteiger partial charge in [-0.2, -0.15) is 18.2 Å². The van der Waals surface area contributed by atoms with Crippen LogP contribution in [0.15, 0.2) is 22.7 Å². The van der Waals surface area contributed by atoms with E-state index >= 15 is 0 Å². The quantitative estimate of drug-likeness (QED) is 0.899. The van der Waals surface area contributed by atoms with Gasteiger partial charge in [-0.05, 0) is 30.7 Å². The van der Waals surface area contributed by atoms with Gasteiger partial charge in [0.1, 0.15) is 12.2 Å². The molecule has 1 N–H and O–H groups in total. The summed E-state index contributed by atoms with van der Waals surface area (Å²) in [4.78, 5) is 3.68. The molecular formula is C11H9F3N2O2. The maximum absolute atomic E-state index is 12.1. The first kappa shape index (κ1) is 12.4. The zero-order valence-electron chi connectivity index (χ0n) is 9.32. The van der Waals surface area contributed by atoms with Crippen LogP contribution >= 0.6 is 0 Å². The number of aromatic hydroxyl groups is 1. The van der Waals surface area contributed by atoms with Crippen LogP contribution in [0.2, 0.25) is 0 Å². The minimum absolute atomic E-state index is 0.00625. The van der Waals surface area contributed by atoms with Crippen LogP contribution in [-0.4, -0.2) is 21.4 Å². The summed E-state index contributed by atoms with van der Waals surface area (Å²) in [6, 6.07) is 4.37. The fraction of sp³-hybridized carbons (Fsp3) is 0.273. The molecule has 96 valence electrons. The van der Waals surface area contributed by atoms with Gasteiger partial charge in [0.15, 0.2) is 5.82 Å². The minimum atomic E-state index is -4.37. The van der Waals surface area contributed by atoms with Crippen LogP contribution in [0.5, 0.6) is 5.75 Å². The molecule has 7 heteroatoms. The van der Waals surface area contributed by atoms with Gasteiger partial charge in [0.05, 0.1) is 0 Å².